The standard InChI is InChI=1S/C11H12N2/c1-8-4-10-3-2-9(6-12)5-11(10)7-13-8/h2-5,7H,6,12H2,1H3. The normalized spacial score (nSPS) is 10.6. The predicted octanol–water partition coefficient (Wildman–Crippen LogP) is 2.00. The van der Waals surface area contributed by atoms with Gasteiger partial charge in [0.2, 0.25) is 0 Å². The maximum Gasteiger partial charge on any atom is 0.0379 e. The van der Waals surface area contributed by atoms with E-state index in [1.165, 1.54) is 5.39 Å². The van der Waals surface area contributed by atoms with E-state index in [1.54, 1.807) is 0 Å². The van der Waals surface area contributed by atoms with E-state index < -0.39 is 0 Å². The molecule has 1 aromatic heterocycles. The molecule has 0 bridgehead atoms. The second-order valence-corrected chi connectivity index (χ2v) is 3.21. The van der Waals surface area contributed by atoms with Gasteiger partial charge in [0.05, 0.1) is 0 Å². The van der Waals surface area contributed by atoms with Gasteiger partial charge in [-0.2, -0.15) is 0 Å². The van der Waals surface area contributed by atoms with Crippen LogP contribution in [0, 0.1) is 6.92 Å². The maximum atomic E-state index is 5.55. The van der Waals surface area contributed by atoms with Crippen LogP contribution in [-0.4, -0.2) is 4.98 Å². The van der Waals surface area contributed by atoms with Crippen LogP contribution in [0.4, 0.5) is 0 Å². The Morgan fingerprint density at radius 3 is 2.85 bits per heavy atom. The van der Waals surface area contributed by atoms with Gasteiger partial charge in [-0.1, -0.05) is 12.1 Å². The van der Waals surface area contributed by atoms with Crippen LogP contribution in [0.25, 0.3) is 10.8 Å². The first-order valence-electron chi connectivity index (χ1n) is 4.35. The smallest absolute Gasteiger partial charge is 0.0379 e. The van der Waals surface area contributed by atoms with Gasteiger partial charge >= 0.3 is 0 Å². The lowest BCUT2D eigenvalue weighted by atomic mass is 10.1. The van der Waals surface area contributed by atoms with E-state index >= 15 is 0 Å². The molecular weight excluding hydrogens is 160 g/mol. The Morgan fingerprint density at radius 1 is 1.23 bits per heavy atom. The number of nitrogens with zero attached hydrogens (tertiary/aromatic N) is 1. The first-order valence-corrected chi connectivity index (χ1v) is 4.35. The third-order valence-corrected chi connectivity index (χ3v) is 2.16. The second kappa shape index (κ2) is 3.15. The van der Waals surface area contributed by atoms with E-state index in [1.807, 2.05) is 13.1 Å². The van der Waals surface area contributed by atoms with Gasteiger partial charge in [-0.3, -0.25) is 4.98 Å². The van der Waals surface area contributed by atoms with Gasteiger partial charge in [0.15, 0.2) is 0 Å². The summed E-state index contributed by atoms with van der Waals surface area (Å²) < 4.78 is 0. The third-order valence-electron chi connectivity index (χ3n) is 2.16. The minimum Gasteiger partial charge on any atom is -0.326 e. The van der Waals surface area contributed by atoms with Gasteiger partial charge in [0.25, 0.3) is 0 Å². The van der Waals surface area contributed by atoms with Crippen LogP contribution in [0.1, 0.15) is 11.3 Å². The summed E-state index contributed by atoms with van der Waals surface area (Å²) >= 11 is 0. The number of fused-ring (bicyclic) bond motifs is 1. The largest absolute Gasteiger partial charge is 0.326 e. The quantitative estimate of drug-likeness (QED) is 0.714. The van der Waals surface area contributed by atoms with Crippen molar-refractivity contribution in [2.75, 3.05) is 0 Å². The van der Waals surface area contributed by atoms with E-state index in [4.69, 9.17) is 5.73 Å². The molecule has 0 fully saturated rings. The summed E-state index contributed by atoms with van der Waals surface area (Å²) in [4.78, 5) is 4.24. The van der Waals surface area contributed by atoms with Crippen LogP contribution in [0.5, 0.6) is 0 Å². The van der Waals surface area contributed by atoms with Crippen molar-refractivity contribution in [1.29, 1.82) is 0 Å². The Bertz CT molecular complexity index is 435. The molecule has 0 atom stereocenters. The van der Waals surface area contributed by atoms with Gasteiger partial charge in [-0.15, -0.1) is 0 Å². The van der Waals surface area contributed by atoms with Crippen molar-refractivity contribution in [3.05, 3.63) is 41.7 Å². The third kappa shape index (κ3) is 1.53. The van der Waals surface area contributed by atoms with Crippen molar-refractivity contribution >= 4 is 10.8 Å². The van der Waals surface area contributed by atoms with Gasteiger partial charge in [-0.05, 0) is 30.0 Å². The minimum atomic E-state index is 0.587. The molecule has 1 heterocycles. The van der Waals surface area contributed by atoms with Gasteiger partial charge in [-0.25, -0.2) is 0 Å². The monoisotopic (exact) mass is 172 g/mol. The molecule has 0 aliphatic carbocycles. The molecule has 2 aromatic rings. The molecule has 0 saturated heterocycles. The van der Waals surface area contributed by atoms with E-state index in [-0.39, 0.29) is 0 Å². The lowest BCUT2D eigenvalue weighted by molar-refractivity contribution is 1.07. The summed E-state index contributed by atoms with van der Waals surface area (Å²) in [7, 11) is 0. The summed E-state index contributed by atoms with van der Waals surface area (Å²) in [6, 6.07) is 8.31. The maximum absolute atomic E-state index is 5.55. The first kappa shape index (κ1) is 8.20. The van der Waals surface area contributed by atoms with E-state index in [9.17, 15) is 0 Å². The molecular formula is C11H12N2. The Balaban J connectivity index is 2.66. The number of pyridine rings is 1. The number of rotatable bonds is 1. The fourth-order valence-corrected chi connectivity index (χ4v) is 1.43. The highest BCUT2D eigenvalue weighted by Crippen LogP contribution is 2.15. The summed E-state index contributed by atoms with van der Waals surface area (Å²) in [5.74, 6) is 0. The zero-order valence-corrected chi connectivity index (χ0v) is 7.62. The van der Waals surface area contributed by atoms with Crippen LogP contribution < -0.4 is 5.73 Å². The molecule has 0 aliphatic heterocycles. The summed E-state index contributed by atoms with van der Waals surface area (Å²) in [5.41, 5.74) is 7.75. The molecule has 1 aromatic carbocycles. The molecule has 0 unspecified atom stereocenters. The van der Waals surface area contributed by atoms with Crippen LogP contribution in [0.15, 0.2) is 30.5 Å². The first-order chi connectivity index (χ1) is 6.29. The van der Waals surface area contributed by atoms with Gasteiger partial charge < -0.3 is 5.73 Å². The van der Waals surface area contributed by atoms with Crippen LogP contribution >= 0.6 is 0 Å². The number of hydrogen-bond acceptors (Lipinski definition) is 2. The number of hydrogen-bond donors (Lipinski definition) is 1. The molecule has 66 valence electrons. The molecule has 2 heteroatoms. The topological polar surface area (TPSA) is 38.9 Å². The highest BCUT2D eigenvalue weighted by Gasteiger charge is 1.95. The van der Waals surface area contributed by atoms with Crippen molar-refractivity contribution in [3.8, 4) is 0 Å². The zero-order valence-electron chi connectivity index (χ0n) is 7.62. The number of benzene rings is 1. The Morgan fingerprint density at radius 2 is 2.08 bits per heavy atom. The average molecular weight is 172 g/mol. The van der Waals surface area contributed by atoms with Crippen molar-refractivity contribution in [2.45, 2.75) is 13.5 Å². The molecule has 0 saturated carbocycles. The fraction of sp³-hybridized carbons (Fsp3) is 0.182. The Hall–Kier alpha value is -1.41. The lowest BCUT2D eigenvalue weighted by Gasteiger charge is -2.01. The van der Waals surface area contributed by atoms with Crippen LogP contribution in [0.2, 0.25) is 0 Å². The van der Waals surface area contributed by atoms with E-state index in [2.05, 4.69) is 29.2 Å². The zero-order chi connectivity index (χ0) is 9.26. The number of aromatic nitrogens is 1. The van der Waals surface area contributed by atoms with Crippen molar-refractivity contribution in [3.63, 3.8) is 0 Å². The lowest BCUT2D eigenvalue weighted by Crippen LogP contribution is -1.95. The molecule has 0 aliphatic rings. The predicted molar refractivity (Wildman–Crippen MR) is 54.4 cm³/mol. The van der Waals surface area contributed by atoms with Crippen LogP contribution in [0.3, 0.4) is 0 Å². The van der Waals surface area contributed by atoms with Gasteiger partial charge in [0, 0.05) is 23.8 Å². The Labute approximate surface area is 77.4 Å². The number of nitrogens with two attached hydrogens (primary N) is 1. The minimum absolute atomic E-state index is 0.587. The van der Waals surface area contributed by atoms with Gasteiger partial charge in [0.1, 0.15) is 0 Å². The van der Waals surface area contributed by atoms with Crippen LogP contribution in [-0.2, 0) is 6.54 Å². The highest BCUT2D eigenvalue weighted by atomic mass is 14.7. The molecule has 2 nitrogen and oxygen atoms in total. The van der Waals surface area contributed by atoms with Crippen molar-refractivity contribution in [2.24, 2.45) is 5.73 Å². The Kier molecular flexibility index (Phi) is 1.99. The van der Waals surface area contributed by atoms with E-state index in [0.717, 1.165) is 16.6 Å². The van der Waals surface area contributed by atoms with Crippen molar-refractivity contribution < 1.29 is 0 Å². The molecule has 2 rings (SSSR count). The fourth-order valence-electron chi connectivity index (χ4n) is 1.43. The summed E-state index contributed by atoms with van der Waals surface area (Å²) in [6.07, 6.45) is 1.89. The molecule has 2 N–H and O–H groups in total. The SMILES string of the molecule is Cc1cc2ccc(CN)cc2cn1. The highest BCUT2D eigenvalue weighted by molar-refractivity contribution is 5.82. The molecule has 13 heavy (non-hydrogen) atoms. The average Bonchev–Trinajstić information content (AvgIpc) is 2.17. The molecule has 0 radical (unpaired) electrons. The van der Waals surface area contributed by atoms with Crippen molar-refractivity contribution in [1.82, 2.24) is 4.98 Å². The van der Waals surface area contributed by atoms with E-state index in [0.29, 0.717) is 6.54 Å². The number of aryl methyl sites for hydroxylation is 1. The summed E-state index contributed by atoms with van der Waals surface area (Å²) in [6.45, 7) is 2.58. The molecule has 0 spiro atoms. The summed E-state index contributed by atoms with van der Waals surface area (Å²) in [5, 5.41) is 2.39. The molecule has 0 amide bonds. The second-order valence-electron chi connectivity index (χ2n) is 3.21.